The maximum absolute atomic E-state index is 13.0. The molecule has 0 bridgehead atoms. The molecule has 0 aliphatic carbocycles. The molecule has 0 radical (unpaired) electrons. The first-order valence-corrected chi connectivity index (χ1v) is 12.4. The minimum atomic E-state index is -1.24. The number of amides is 3. The standard InChI is InChI=1S/C21H42N6O7S/c22-7-3-1-5-15(25-18(28)13-34-12-11-33-10-9-24)19(29)26-16(6-2-4-8-23)20(30)27-17(14-35)21(31)32/h15-17,35H,1-14,22-24H2,(H,25,28)(H,26,29)(H,27,30)(H,31,32)/t15-,16-,17-/m0/s1. The maximum Gasteiger partial charge on any atom is 0.327 e. The lowest BCUT2D eigenvalue weighted by Gasteiger charge is -2.24. The van der Waals surface area contributed by atoms with Gasteiger partial charge in [-0.3, -0.25) is 14.4 Å². The van der Waals surface area contributed by atoms with Gasteiger partial charge in [0.15, 0.2) is 0 Å². The number of ether oxygens (including phenoxy) is 2. The summed E-state index contributed by atoms with van der Waals surface area (Å²) in [7, 11) is 0. The van der Waals surface area contributed by atoms with Gasteiger partial charge in [0.2, 0.25) is 17.7 Å². The molecule has 3 atom stereocenters. The first kappa shape index (κ1) is 33.0. The molecule has 0 saturated heterocycles. The lowest BCUT2D eigenvalue weighted by atomic mass is 10.0. The van der Waals surface area contributed by atoms with Gasteiger partial charge in [0.05, 0.1) is 19.8 Å². The van der Waals surface area contributed by atoms with Crippen molar-refractivity contribution < 1.29 is 33.8 Å². The average molecular weight is 523 g/mol. The van der Waals surface area contributed by atoms with Crippen LogP contribution in [-0.2, 0) is 28.7 Å². The molecule has 13 nitrogen and oxygen atoms in total. The van der Waals surface area contributed by atoms with E-state index < -0.39 is 41.8 Å². The van der Waals surface area contributed by atoms with E-state index in [2.05, 4.69) is 28.6 Å². The lowest BCUT2D eigenvalue weighted by molar-refractivity contribution is -0.141. The summed E-state index contributed by atoms with van der Waals surface area (Å²) in [5.74, 6) is -3.06. The molecule has 14 heteroatoms. The zero-order chi connectivity index (χ0) is 26.5. The molecule has 0 rings (SSSR count). The highest BCUT2D eigenvalue weighted by molar-refractivity contribution is 7.80. The Kier molecular flexibility index (Phi) is 20.1. The van der Waals surface area contributed by atoms with E-state index in [9.17, 15) is 24.3 Å². The molecule has 0 aromatic rings. The van der Waals surface area contributed by atoms with Crippen LogP contribution in [0.3, 0.4) is 0 Å². The SMILES string of the molecule is NCCCC[C@H](NC(=O)COCCOCCN)C(=O)N[C@@H](CCCCN)C(=O)N[C@@H](CS)C(=O)O. The second-order valence-electron chi connectivity index (χ2n) is 7.79. The minimum absolute atomic E-state index is 0.112. The van der Waals surface area contributed by atoms with Crippen LogP contribution in [0.25, 0.3) is 0 Å². The van der Waals surface area contributed by atoms with Crippen LogP contribution in [0.5, 0.6) is 0 Å². The second kappa shape index (κ2) is 21.3. The number of rotatable bonds is 22. The topological polar surface area (TPSA) is 221 Å². The van der Waals surface area contributed by atoms with Crippen molar-refractivity contribution >= 4 is 36.3 Å². The number of hydrogen-bond donors (Lipinski definition) is 8. The zero-order valence-electron chi connectivity index (χ0n) is 20.2. The Balaban J connectivity index is 5.12. The highest BCUT2D eigenvalue weighted by atomic mass is 32.1. The Morgan fingerprint density at radius 3 is 1.71 bits per heavy atom. The Morgan fingerprint density at radius 1 is 0.714 bits per heavy atom. The predicted molar refractivity (Wildman–Crippen MR) is 134 cm³/mol. The number of carbonyl (C=O) groups is 4. The summed E-state index contributed by atoms with van der Waals surface area (Å²) >= 11 is 3.94. The summed E-state index contributed by atoms with van der Waals surface area (Å²) in [5, 5.41) is 16.8. The van der Waals surface area contributed by atoms with E-state index in [0.29, 0.717) is 58.3 Å². The predicted octanol–water partition coefficient (Wildman–Crippen LogP) is -2.29. The molecule has 10 N–H and O–H groups in total. The fourth-order valence-corrected chi connectivity index (χ4v) is 3.20. The Bertz CT molecular complexity index is 629. The fourth-order valence-electron chi connectivity index (χ4n) is 2.96. The summed E-state index contributed by atoms with van der Waals surface area (Å²) in [6.45, 7) is 1.82. The lowest BCUT2D eigenvalue weighted by Crippen LogP contribution is -2.56. The van der Waals surface area contributed by atoms with Crippen molar-refractivity contribution in [2.75, 3.05) is 51.8 Å². The summed E-state index contributed by atoms with van der Waals surface area (Å²) < 4.78 is 10.4. The minimum Gasteiger partial charge on any atom is -0.480 e. The molecule has 0 saturated carbocycles. The number of hydrogen-bond acceptors (Lipinski definition) is 10. The maximum atomic E-state index is 13.0. The van der Waals surface area contributed by atoms with Crippen molar-refractivity contribution in [1.29, 1.82) is 0 Å². The van der Waals surface area contributed by atoms with Crippen LogP contribution in [-0.4, -0.2) is 98.7 Å². The molecular weight excluding hydrogens is 480 g/mol. The summed E-state index contributed by atoms with van der Waals surface area (Å²) in [6.07, 6.45) is 2.95. The van der Waals surface area contributed by atoms with Gasteiger partial charge in [0.1, 0.15) is 24.7 Å². The van der Waals surface area contributed by atoms with Crippen molar-refractivity contribution in [2.24, 2.45) is 17.2 Å². The molecule has 0 heterocycles. The first-order chi connectivity index (χ1) is 16.8. The third kappa shape index (κ3) is 16.4. The molecule has 35 heavy (non-hydrogen) atoms. The molecule has 0 unspecified atom stereocenters. The molecule has 0 aromatic heterocycles. The number of carboxylic acid groups (broad SMARTS) is 1. The van der Waals surface area contributed by atoms with E-state index in [1.54, 1.807) is 0 Å². The van der Waals surface area contributed by atoms with Crippen LogP contribution >= 0.6 is 12.6 Å². The zero-order valence-corrected chi connectivity index (χ0v) is 21.1. The molecule has 204 valence electrons. The number of carbonyl (C=O) groups excluding carboxylic acids is 3. The number of thiol groups is 1. The van der Waals surface area contributed by atoms with Crippen LogP contribution in [0.15, 0.2) is 0 Å². The third-order valence-corrected chi connectivity index (χ3v) is 5.21. The van der Waals surface area contributed by atoms with Crippen molar-refractivity contribution in [1.82, 2.24) is 16.0 Å². The normalized spacial score (nSPS) is 13.5. The highest BCUT2D eigenvalue weighted by Gasteiger charge is 2.28. The van der Waals surface area contributed by atoms with E-state index in [-0.39, 0.29) is 32.0 Å². The number of aliphatic carboxylic acids is 1. The van der Waals surface area contributed by atoms with Crippen LogP contribution in [0.1, 0.15) is 38.5 Å². The molecule has 3 amide bonds. The Labute approximate surface area is 212 Å². The molecule has 0 aliphatic rings. The second-order valence-corrected chi connectivity index (χ2v) is 8.15. The van der Waals surface area contributed by atoms with Gasteiger partial charge in [-0.1, -0.05) is 0 Å². The number of nitrogens with two attached hydrogens (primary N) is 3. The number of unbranched alkanes of at least 4 members (excludes halogenated alkanes) is 2. The van der Waals surface area contributed by atoms with Gasteiger partial charge in [-0.2, -0.15) is 12.6 Å². The Morgan fingerprint density at radius 2 is 1.23 bits per heavy atom. The van der Waals surface area contributed by atoms with Gasteiger partial charge in [0, 0.05) is 12.3 Å². The Hall–Kier alpha value is -1.97. The summed E-state index contributed by atoms with van der Waals surface area (Å²) in [5.41, 5.74) is 16.4. The molecular formula is C21H42N6O7S. The summed E-state index contributed by atoms with van der Waals surface area (Å²) in [6, 6.07) is -3.12. The molecule has 0 spiro atoms. The van der Waals surface area contributed by atoms with Crippen molar-refractivity contribution in [2.45, 2.75) is 56.7 Å². The van der Waals surface area contributed by atoms with E-state index in [0.717, 1.165) is 0 Å². The van der Waals surface area contributed by atoms with E-state index >= 15 is 0 Å². The van der Waals surface area contributed by atoms with Crippen LogP contribution in [0.4, 0.5) is 0 Å². The van der Waals surface area contributed by atoms with E-state index in [1.165, 1.54) is 0 Å². The molecule has 0 fully saturated rings. The first-order valence-electron chi connectivity index (χ1n) is 11.8. The largest absolute Gasteiger partial charge is 0.480 e. The van der Waals surface area contributed by atoms with Crippen molar-refractivity contribution in [3.63, 3.8) is 0 Å². The highest BCUT2D eigenvalue weighted by Crippen LogP contribution is 2.06. The molecule has 0 aromatic carbocycles. The van der Waals surface area contributed by atoms with E-state index in [1.807, 2.05) is 0 Å². The number of nitrogens with one attached hydrogen (secondary N) is 3. The van der Waals surface area contributed by atoms with Crippen LogP contribution in [0.2, 0.25) is 0 Å². The average Bonchev–Trinajstić information content (AvgIpc) is 2.83. The third-order valence-electron chi connectivity index (χ3n) is 4.84. The smallest absolute Gasteiger partial charge is 0.327 e. The van der Waals surface area contributed by atoms with E-state index in [4.69, 9.17) is 26.7 Å². The van der Waals surface area contributed by atoms with Gasteiger partial charge in [-0.15, -0.1) is 0 Å². The molecule has 0 aliphatic heterocycles. The van der Waals surface area contributed by atoms with Gasteiger partial charge in [0.25, 0.3) is 0 Å². The van der Waals surface area contributed by atoms with Gasteiger partial charge in [-0.25, -0.2) is 4.79 Å². The van der Waals surface area contributed by atoms with Crippen LogP contribution in [0, 0.1) is 0 Å². The van der Waals surface area contributed by atoms with Gasteiger partial charge >= 0.3 is 5.97 Å². The monoisotopic (exact) mass is 522 g/mol. The number of carboxylic acids is 1. The summed E-state index contributed by atoms with van der Waals surface area (Å²) in [4.78, 5) is 49.3. The van der Waals surface area contributed by atoms with Crippen molar-refractivity contribution in [3.05, 3.63) is 0 Å². The van der Waals surface area contributed by atoms with Gasteiger partial charge in [-0.05, 0) is 51.6 Å². The van der Waals surface area contributed by atoms with Crippen LogP contribution < -0.4 is 33.2 Å². The van der Waals surface area contributed by atoms with Gasteiger partial charge < -0.3 is 47.7 Å². The van der Waals surface area contributed by atoms with Crippen molar-refractivity contribution in [3.8, 4) is 0 Å². The fraction of sp³-hybridized carbons (Fsp3) is 0.810. The quantitative estimate of drug-likeness (QED) is 0.0561.